The Morgan fingerprint density at radius 1 is 1.44 bits per heavy atom. The number of anilines is 1. The van der Waals surface area contributed by atoms with Gasteiger partial charge in [-0.25, -0.2) is 0 Å². The van der Waals surface area contributed by atoms with Crippen LogP contribution in [-0.4, -0.2) is 24.4 Å². The smallest absolute Gasteiger partial charge is 0.250 e. The van der Waals surface area contributed by atoms with Crippen molar-refractivity contribution in [3.05, 3.63) is 28.2 Å². The van der Waals surface area contributed by atoms with Crippen LogP contribution >= 0.6 is 15.9 Å². The summed E-state index contributed by atoms with van der Waals surface area (Å²) in [7, 11) is 0. The van der Waals surface area contributed by atoms with Crippen molar-refractivity contribution in [1.29, 1.82) is 0 Å². The van der Waals surface area contributed by atoms with Crippen LogP contribution in [0.5, 0.6) is 0 Å². The molecule has 0 bridgehead atoms. The number of benzene rings is 1. The quantitative estimate of drug-likeness (QED) is 0.908. The molecule has 1 aliphatic rings. The molecule has 5 heteroatoms. The van der Waals surface area contributed by atoms with Gasteiger partial charge in [0, 0.05) is 10.2 Å². The lowest BCUT2D eigenvalue weighted by Gasteiger charge is -2.33. The number of piperazine rings is 1. The summed E-state index contributed by atoms with van der Waals surface area (Å²) < 4.78 is 0.898. The first kappa shape index (κ1) is 13.1. The van der Waals surface area contributed by atoms with E-state index in [4.69, 9.17) is 0 Å². The van der Waals surface area contributed by atoms with E-state index in [0.717, 1.165) is 15.7 Å². The molecule has 2 amide bonds. The van der Waals surface area contributed by atoms with Crippen molar-refractivity contribution in [2.75, 3.05) is 11.4 Å². The lowest BCUT2D eigenvalue weighted by atomic mass is 10.1. The fraction of sp³-hybridized carbons (Fsp3) is 0.385. The predicted molar refractivity (Wildman–Crippen MR) is 73.5 cm³/mol. The third-order valence-corrected chi connectivity index (χ3v) is 3.56. The lowest BCUT2D eigenvalue weighted by molar-refractivity contribution is -0.131. The van der Waals surface area contributed by atoms with Crippen molar-refractivity contribution >= 4 is 33.4 Å². The van der Waals surface area contributed by atoms with Crippen molar-refractivity contribution in [3.8, 4) is 0 Å². The maximum atomic E-state index is 12.3. The Balaban J connectivity index is 2.39. The van der Waals surface area contributed by atoms with Crippen LogP contribution < -0.4 is 10.2 Å². The first-order valence-electron chi connectivity index (χ1n) is 5.89. The largest absolute Gasteiger partial charge is 0.343 e. The molecule has 0 aliphatic carbocycles. The fourth-order valence-electron chi connectivity index (χ4n) is 2.07. The maximum absolute atomic E-state index is 12.3. The van der Waals surface area contributed by atoms with Gasteiger partial charge in [-0.3, -0.25) is 9.59 Å². The number of halogens is 1. The second-order valence-electron chi connectivity index (χ2n) is 4.38. The summed E-state index contributed by atoms with van der Waals surface area (Å²) in [5, 5.41) is 2.71. The van der Waals surface area contributed by atoms with Gasteiger partial charge in [-0.1, -0.05) is 28.9 Å². The highest BCUT2D eigenvalue weighted by atomic mass is 79.9. The minimum absolute atomic E-state index is 0.0432. The Hall–Kier alpha value is -1.36. The van der Waals surface area contributed by atoms with Gasteiger partial charge in [-0.15, -0.1) is 0 Å². The Labute approximate surface area is 114 Å². The number of rotatable bonds is 2. The SMILES string of the molecule is CCC1NC(=O)CN(c2cc(Br)ccc2C)C1=O. The zero-order valence-electron chi connectivity index (χ0n) is 10.4. The summed E-state index contributed by atoms with van der Waals surface area (Å²) in [6.45, 7) is 3.91. The number of amides is 2. The van der Waals surface area contributed by atoms with Gasteiger partial charge >= 0.3 is 0 Å². The van der Waals surface area contributed by atoms with E-state index in [2.05, 4.69) is 21.2 Å². The molecule has 1 unspecified atom stereocenters. The molecule has 1 saturated heterocycles. The van der Waals surface area contributed by atoms with Crippen LogP contribution in [0, 0.1) is 6.92 Å². The minimum Gasteiger partial charge on any atom is -0.343 e. The summed E-state index contributed by atoms with van der Waals surface area (Å²) in [6, 6.07) is 5.31. The van der Waals surface area contributed by atoms with Gasteiger partial charge in [-0.2, -0.15) is 0 Å². The van der Waals surface area contributed by atoms with Crippen molar-refractivity contribution in [3.63, 3.8) is 0 Å². The van der Waals surface area contributed by atoms with Crippen LogP contribution in [-0.2, 0) is 9.59 Å². The highest BCUT2D eigenvalue weighted by Gasteiger charge is 2.32. The van der Waals surface area contributed by atoms with Gasteiger partial charge in [0.1, 0.15) is 12.6 Å². The van der Waals surface area contributed by atoms with Crippen LogP contribution in [0.15, 0.2) is 22.7 Å². The highest BCUT2D eigenvalue weighted by Crippen LogP contribution is 2.26. The van der Waals surface area contributed by atoms with Gasteiger partial charge in [-0.05, 0) is 31.0 Å². The second-order valence-corrected chi connectivity index (χ2v) is 5.30. The third-order valence-electron chi connectivity index (χ3n) is 3.07. The van der Waals surface area contributed by atoms with Crippen LogP contribution in [0.2, 0.25) is 0 Å². The molecule has 2 rings (SSSR count). The molecule has 1 aliphatic heterocycles. The third kappa shape index (κ3) is 2.41. The van der Waals surface area contributed by atoms with E-state index in [1.807, 2.05) is 32.0 Å². The van der Waals surface area contributed by atoms with Gasteiger partial charge in [0.25, 0.3) is 0 Å². The molecule has 1 heterocycles. The molecule has 1 fully saturated rings. The molecule has 1 aromatic carbocycles. The van der Waals surface area contributed by atoms with E-state index >= 15 is 0 Å². The van der Waals surface area contributed by atoms with E-state index in [-0.39, 0.29) is 18.4 Å². The van der Waals surface area contributed by atoms with Crippen molar-refractivity contribution in [2.45, 2.75) is 26.3 Å². The van der Waals surface area contributed by atoms with Crippen molar-refractivity contribution in [2.24, 2.45) is 0 Å². The zero-order valence-corrected chi connectivity index (χ0v) is 12.0. The molecule has 1 atom stereocenters. The number of nitrogens with zero attached hydrogens (tertiary/aromatic N) is 1. The first-order valence-corrected chi connectivity index (χ1v) is 6.69. The normalized spacial score (nSPS) is 19.9. The van der Waals surface area contributed by atoms with Crippen LogP contribution in [0.1, 0.15) is 18.9 Å². The molecule has 1 N–H and O–H groups in total. The van der Waals surface area contributed by atoms with Crippen LogP contribution in [0.25, 0.3) is 0 Å². The number of hydrogen-bond donors (Lipinski definition) is 1. The molecule has 1 aromatic rings. The summed E-state index contributed by atoms with van der Waals surface area (Å²) in [4.78, 5) is 25.5. The van der Waals surface area contributed by atoms with Gasteiger partial charge in [0.2, 0.25) is 11.8 Å². The molecule has 4 nitrogen and oxygen atoms in total. The first-order chi connectivity index (χ1) is 8.52. The molecule has 0 spiro atoms. The summed E-state index contributed by atoms with van der Waals surface area (Å²) in [5.74, 6) is -0.154. The summed E-state index contributed by atoms with van der Waals surface area (Å²) in [5.41, 5.74) is 1.78. The average molecular weight is 311 g/mol. The van der Waals surface area contributed by atoms with Crippen molar-refractivity contribution < 1.29 is 9.59 Å². The maximum Gasteiger partial charge on any atom is 0.250 e. The van der Waals surface area contributed by atoms with Crippen LogP contribution in [0.4, 0.5) is 5.69 Å². The van der Waals surface area contributed by atoms with E-state index < -0.39 is 6.04 Å². The molecule has 96 valence electrons. The van der Waals surface area contributed by atoms with E-state index in [1.165, 1.54) is 0 Å². The molecule has 0 aromatic heterocycles. The number of hydrogen-bond acceptors (Lipinski definition) is 2. The van der Waals surface area contributed by atoms with Crippen molar-refractivity contribution in [1.82, 2.24) is 5.32 Å². The average Bonchev–Trinajstić information content (AvgIpc) is 2.35. The number of aryl methyl sites for hydroxylation is 1. The molecule has 0 saturated carbocycles. The monoisotopic (exact) mass is 310 g/mol. The number of nitrogens with one attached hydrogen (secondary N) is 1. The zero-order chi connectivity index (χ0) is 13.3. The number of carbonyl (C=O) groups is 2. The summed E-state index contributed by atoms with van der Waals surface area (Å²) >= 11 is 3.39. The Morgan fingerprint density at radius 3 is 2.83 bits per heavy atom. The number of carbonyl (C=O) groups excluding carboxylic acids is 2. The molecular weight excluding hydrogens is 296 g/mol. The minimum atomic E-state index is -0.412. The molecule has 18 heavy (non-hydrogen) atoms. The Bertz CT molecular complexity index is 502. The van der Waals surface area contributed by atoms with Crippen LogP contribution in [0.3, 0.4) is 0 Å². The molecule has 0 radical (unpaired) electrons. The second kappa shape index (κ2) is 5.10. The fourth-order valence-corrected chi connectivity index (χ4v) is 2.41. The topological polar surface area (TPSA) is 49.4 Å². The Morgan fingerprint density at radius 2 is 2.17 bits per heavy atom. The standard InChI is InChI=1S/C13H15BrN2O2/c1-3-10-13(18)16(7-12(17)15-10)11-6-9(14)5-4-8(11)2/h4-6,10H,3,7H2,1-2H3,(H,15,17). The van der Waals surface area contributed by atoms with Gasteiger partial charge in [0.15, 0.2) is 0 Å². The van der Waals surface area contributed by atoms with Gasteiger partial charge in [0.05, 0.1) is 0 Å². The highest BCUT2D eigenvalue weighted by molar-refractivity contribution is 9.10. The predicted octanol–water partition coefficient (Wildman–Crippen LogP) is 2.00. The van der Waals surface area contributed by atoms with E-state index in [1.54, 1.807) is 4.90 Å². The Kier molecular flexibility index (Phi) is 3.71. The van der Waals surface area contributed by atoms with Gasteiger partial charge < -0.3 is 10.2 Å². The molecular formula is C13H15BrN2O2. The van der Waals surface area contributed by atoms with E-state index in [9.17, 15) is 9.59 Å². The van der Waals surface area contributed by atoms with E-state index in [0.29, 0.717) is 6.42 Å². The lowest BCUT2D eigenvalue weighted by Crippen LogP contribution is -2.58. The summed E-state index contributed by atoms with van der Waals surface area (Å²) in [6.07, 6.45) is 0.605.